The first-order valence-corrected chi connectivity index (χ1v) is 3.62. The number of nitrogens with two attached hydrogens (primary N) is 1. The molecule has 0 atom stereocenters. The highest BCUT2D eigenvalue weighted by molar-refractivity contribution is 5.62. The van der Waals surface area contributed by atoms with E-state index in [1.54, 1.807) is 5.48 Å². The second-order valence-corrected chi connectivity index (χ2v) is 2.33. The van der Waals surface area contributed by atoms with Crippen LogP contribution in [0.3, 0.4) is 0 Å². The molecule has 0 aliphatic rings. The molecule has 0 saturated heterocycles. The van der Waals surface area contributed by atoms with Crippen LogP contribution < -0.4 is 16.0 Å². The maximum Gasteiger partial charge on any atom is 0.157 e. The predicted octanol–water partition coefficient (Wildman–Crippen LogP) is 0.756. The van der Waals surface area contributed by atoms with E-state index >= 15 is 0 Å². The Bertz CT molecular complexity index is 301. The lowest BCUT2D eigenvalue weighted by Crippen LogP contribution is -2.01. The van der Waals surface area contributed by atoms with Crippen LogP contribution in [0.4, 0.5) is 11.4 Å². The minimum atomic E-state index is -0.0769. The van der Waals surface area contributed by atoms with Gasteiger partial charge in [0.1, 0.15) is 12.4 Å². The molecule has 1 rings (SSSR count). The van der Waals surface area contributed by atoms with Gasteiger partial charge in [0.05, 0.1) is 5.69 Å². The molecular formula is C8H9N2O3-. The summed E-state index contributed by atoms with van der Waals surface area (Å²) in [5.41, 5.74) is 7.94. The van der Waals surface area contributed by atoms with Gasteiger partial charge in [0.25, 0.3) is 0 Å². The van der Waals surface area contributed by atoms with E-state index in [9.17, 15) is 10.0 Å². The van der Waals surface area contributed by atoms with Crippen LogP contribution in [0.2, 0.25) is 0 Å². The highest BCUT2D eigenvalue weighted by atomic mass is 16.5. The van der Waals surface area contributed by atoms with Crippen LogP contribution in [0.1, 0.15) is 0 Å². The van der Waals surface area contributed by atoms with E-state index in [0.717, 1.165) is 0 Å². The van der Waals surface area contributed by atoms with Crippen molar-refractivity contribution < 1.29 is 9.53 Å². The maximum atomic E-state index is 10.3. The van der Waals surface area contributed by atoms with E-state index in [0.29, 0.717) is 23.4 Å². The number of carbonyl (C=O) groups is 1. The van der Waals surface area contributed by atoms with Crippen LogP contribution in [0.25, 0.3) is 0 Å². The van der Waals surface area contributed by atoms with Crippen molar-refractivity contribution in [1.29, 1.82) is 0 Å². The van der Waals surface area contributed by atoms with Crippen molar-refractivity contribution in [3.63, 3.8) is 0 Å². The number of hydrogen-bond acceptors (Lipinski definition) is 5. The van der Waals surface area contributed by atoms with Gasteiger partial charge in [-0.2, -0.15) is 0 Å². The van der Waals surface area contributed by atoms with Crippen LogP contribution in [-0.2, 0) is 4.79 Å². The molecular weight excluding hydrogens is 172 g/mol. The number of nitrogens with one attached hydrogen (secondary N) is 1. The van der Waals surface area contributed by atoms with Gasteiger partial charge in [0, 0.05) is 11.8 Å². The third kappa shape index (κ3) is 2.34. The third-order valence-electron chi connectivity index (χ3n) is 1.44. The summed E-state index contributed by atoms with van der Waals surface area (Å²) in [6, 6.07) is 4.49. The van der Waals surface area contributed by atoms with E-state index in [4.69, 9.17) is 10.5 Å². The van der Waals surface area contributed by atoms with Crippen molar-refractivity contribution in [3.8, 4) is 5.75 Å². The molecule has 0 amide bonds. The zero-order valence-electron chi connectivity index (χ0n) is 6.82. The number of hydrogen-bond donors (Lipinski definition) is 2. The molecule has 5 heteroatoms. The Kier molecular flexibility index (Phi) is 3.10. The smallest absolute Gasteiger partial charge is 0.157 e. The fourth-order valence-electron chi connectivity index (χ4n) is 0.847. The second kappa shape index (κ2) is 4.32. The van der Waals surface area contributed by atoms with Gasteiger partial charge in [0.15, 0.2) is 6.29 Å². The van der Waals surface area contributed by atoms with Crippen LogP contribution in [0.15, 0.2) is 18.2 Å². The minimum absolute atomic E-state index is 0.0769. The van der Waals surface area contributed by atoms with Crippen molar-refractivity contribution in [2.45, 2.75) is 0 Å². The summed E-state index contributed by atoms with van der Waals surface area (Å²) < 4.78 is 4.96. The number of carbonyl (C=O) groups excluding carboxylic acids is 1. The highest BCUT2D eigenvalue weighted by Crippen LogP contribution is 2.24. The van der Waals surface area contributed by atoms with E-state index in [-0.39, 0.29) is 6.61 Å². The standard InChI is InChI=1S/C8H9N2O3/c9-7-2-1-6(10-12)5-8(7)13-4-3-11/h1-3,5,10H,4,9H2/q-1. The largest absolute Gasteiger partial charge is 0.761 e. The molecule has 0 aliphatic heterocycles. The average Bonchev–Trinajstić information content (AvgIpc) is 2.17. The second-order valence-electron chi connectivity index (χ2n) is 2.33. The van der Waals surface area contributed by atoms with Crippen molar-refractivity contribution in [2.24, 2.45) is 0 Å². The molecule has 5 nitrogen and oxygen atoms in total. The molecule has 0 unspecified atom stereocenters. The molecule has 0 heterocycles. The van der Waals surface area contributed by atoms with Crippen LogP contribution in [-0.4, -0.2) is 12.9 Å². The Hall–Kier alpha value is -1.75. The monoisotopic (exact) mass is 181 g/mol. The normalized spacial score (nSPS) is 9.31. The van der Waals surface area contributed by atoms with Gasteiger partial charge in [-0.3, -0.25) is 4.79 Å². The lowest BCUT2D eigenvalue weighted by molar-refractivity contribution is -0.109. The number of nitrogen functional groups attached to an aromatic ring is 1. The Morgan fingerprint density at radius 1 is 1.62 bits per heavy atom. The van der Waals surface area contributed by atoms with Gasteiger partial charge >= 0.3 is 0 Å². The SMILES string of the molecule is Nc1ccc(N[O-])cc1OCC=O. The van der Waals surface area contributed by atoms with Crippen molar-refractivity contribution in [2.75, 3.05) is 17.8 Å². The number of aldehydes is 1. The molecule has 3 N–H and O–H groups in total. The van der Waals surface area contributed by atoms with Gasteiger partial charge in [-0.25, -0.2) is 0 Å². The Labute approximate surface area is 75.1 Å². The summed E-state index contributed by atoms with van der Waals surface area (Å²) >= 11 is 0. The van der Waals surface area contributed by atoms with Crippen molar-refractivity contribution in [3.05, 3.63) is 23.4 Å². The first kappa shape index (κ1) is 9.34. The highest BCUT2D eigenvalue weighted by Gasteiger charge is 1.99. The summed E-state index contributed by atoms with van der Waals surface area (Å²) in [7, 11) is 0. The van der Waals surface area contributed by atoms with E-state index in [1.165, 1.54) is 18.2 Å². The lowest BCUT2D eigenvalue weighted by Gasteiger charge is -2.12. The lowest BCUT2D eigenvalue weighted by atomic mass is 10.2. The number of benzene rings is 1. The summed E-state index contributed by atoms with van der Waals surface area (Å²) in [5, 5.41) is 10.3. The fourth-order valence-corrected chi connectivity index (χ4v) is 0.847. The van der Waals surface area contributed by atoms with Crippen LogP contribution in [0.5, 0.6) is 5.75 Å². The molecule has 70 valence electrons. The van der Waals surface area contributed by atoms with Gasteiger partial charge < -0.3 is 21.2 Å². The Morgan fingerprint density at radius 3 is 3.00 bits per heavy atom. The first-order valence-electron chi connectivity index (χ1n) is 3.62. The van der Waals surface area contributed by atoms with Gasteiger partial charge in [-0.1, -0.05) is 0 Å². The third-order valence-corrected chi connectivity index (χ3v) is 1.44. The average molecular weight is 181 g/mol. The molecule has 0 bridgehead atoms. The molecule has 0 aliphatic carbocycles. The first-order chi connectivity index (χ1) is 6.27. The molecule has 0 saturated carbocycles. The van der Waals surface area contributed by atoms with Crippen molar-refractivity contribution in [1.82, 2.24) is 0 Å². The van der Waals surface area contributed by atoms with E-state index in [2.05, 4.69) is 0 Å². The zero-order chi connectivity index (χ0) is 9.68. The fraction of sp³-hybridized carbons (Fsp3) is 0.125. The zero-order valence-corrected chi connectivity index (χ0v) is 6.82. The Morgan fingerprint density at radius 2 is 2.38 bits per heavy atom. The summed E-state index contributed by atoms with van der Waals surface area (Å²) in [6.45, 7) is -0.0769. The summed E-state index contributed by atoms with van der Waals surface area (Å²) in [6.07, 6.45) is 0.608. The van der Waals surface area contributed by atoms with E-state index in [1.807, 2.05) is 0 Å². The number of anilines is 2. The molecule has 0 radical (unpaired) electrons. The topological polar surface area (TPSA) is 87.4 Å². The number of ether oxygens (including phenoxy) is 1. The maximum absolute atomic E-state index is 10.3. The van der Waals surface area contributed by atoms with Gasteiger partial charge in [-0.05, 0) is 12.1 Å². The summed E-state index contributed by atoms with van der Waals surface area (Å²) in [4.78, 5) is 10.0. The molecule has 0 aromatic heterocycles. The number of rotatable bonds is 4. The van der Waals surface area contributed by atoms with Crippen molar-refractivity contribution >= 4 is 17.7 Å². The molecule has 0 spiro atoms. The summed E-state index contributed by atoms with van der Waals surface area (Å²) in [5.74, 6) is 0.327. The predicted molar refractivity (Wildman–Crippen MR) is 49.4 cm³/mol. The molecule has 13 heavy (non-hydrogen) atoms. The molecule has 0 fully saturated rings. The quantitative estimate of drug-likeness (QED) is 0.406. The van der Waals surface area contributed by atoms with Crippen LogP contribution in [0, 0.1) is 5.21 Å². The van der Waals surface area contributed by atoms with E-state index < -0.39 is 0 Å². The minimum Gasteiger partial charge on any atom is -0.761 e. The van der Waals surface area contributed by atoms with Crippen LogP contribution >= 0.6 is 0 Å². The molecule has 1 aromatic carbocycles. The van der Waals surface area contributed by atoms with Gasteiger partial charge in [0.2, 0.25) is 0 Å². The van der Waals surface area contributed by atoms with Gasteiger partial charge in [-0.15, -0.1) is 0 Å². The Balaban J connectivity index is 2.83. The molecule has 1 aromatic rings.